The number of carbonyl (C=O) groups excluding carboxylic acids is 1. The quantitative estimate of drug-likeness (QED) is 0.441. The average Bonchev–Trinajstić information content (AvgIpc) is 3.28. The van der Waals surface area contributed by atoms with E-state index >= 15 is 0 Å². The lowest BCUT2D eigenvalue weighted by Gasteiger charge is -2.26. The van der Waals surface area contributed by atoms with E-state index in [9.17, 15) is 4.79 Å². The molecule has 1 aromatic heterocycles. The molecule has 0 saturated carbocycles. The van der Waals surface area contributed by atoms with Gasteiger partial charge in [-0.05, 0) is 24.3 Å². The highest BCUT2D eigenvalue weighted by molar-refractivity contribution is 7.17. The van der Waals surface area contributed by atoms with Crippen LogP contribution in [0.3, 0.4) is 0 Å². The first-order valence-electron chi connectivity index (χ1n) is 10.1. The molecule has 0 atom stereocenters. The lowest BCUT2D eigenvalue weighted by Crippen LogP contribution is -2.36. The molecule has 3 aromatic rings. The maximum Gasteiger partial charge on any atom is 0.277 e. The summed E-state index contributed by atoms with van der Waals surface area (Å²) >= 11 is 1.53. The minimum absolute atomic E-state index is 0.184. The fraction of sp³-hybridized carbons (Fsp3) is 0.217. The van der Waals surface area contributed by atoms with Crippen molar-refractivity contribution in [2.75, 3.05) is 37.8 Å². The summed E-state index contributed by atoms with van der Waals surface area (Å²) in [6, 6.07) is 18.5. The summed E-state index contributed by atoms with van der Waals surface area (Å²) in [6.45, 7) is 2.76. The largest absolute Gasteiger partial charge is 0.484 e. The number of ether oxygens (including phenoxy) is 2. The first-order valence-corrected chi connectivity index (χ1v) is 10.9. The number of anilines is 1. The van der Waals surface area contributed by atoms with Gasteiger partial charge in [-0.25, -0.2) is 10.4 Å². The molecule has 1 N–H and O–H groups in total. The Morgan fingerprint density at radius 2 is 1.97 bits per heavy atom. The zero-order valence-corrected chi connectivity index (χ0v) is 18.0. The molecule has 2 heterocycles. The number of nitrogens with one attached hydrogen (secondary N) is 1. The van der Waals surface area contributed by atoms with Crippen LogP contribution in [0.5, 0.6) is 5.75 Å². The Morgan fingerprint density at radius 3 is 2.69 bits per heavy atom. The lowest BCUT2D eigenvalue weighted by atomic mass is 10.1. The summed E-state index contributed by atoms with van der Waals surface area (Å²) in [5.74, 6) is 0.122. The van der Waals surface area contributed by atoms with Gasteiger partial charge in [0, 0.05) is 18.7 Å². The standard InChI is InChI=1S/C23H21N5O3S/c24-14-17-6-8-19(9-7-17)31-16-21(29)27-25-15-20-22(18-4-2-1-3-5-18)26-23(32-20)28-10-12-30-13-11-28/h1-9,15H,10-13,16H2,(H,27,29)/b25-15-. The van der Waals surface area contributed by atoms with Crippen molar-refractivity contribution in [3.05, 3.63) is 65.0 Å². The van der Waals surface area contributed by atoms with Gasteiger partial charge in [0.1, 0.15) is 5.75 Å². The van der Waals surface area contributed by atoms with Crippen LogP contribution in [0.1, 0.15) is 10.4 Å². The number of thiazole rings is 1. The molecule has 1 aliphatic heterocycles. The molecule has 1 saturated heterocycles. The number of hydrazone groups is 1. The Bertz CT molecular complexity index is 1120. The van der Waals surface area contributed by atoms with Crippen molar-refractivity contribution >= 4 is 28.6 Å². The molecule has 0 spiro atoms. The second-order valence-corrected chi connectivity index (χ2v) is 7.90. The Morgan fingerprint density at radius 1 is 1.22 bits per heavy atom. The molecule has 0 unspecified atom stereocenters. The first-order chi connectivity index (χ1) is 15.7. The highest BCUT2D eigenvalue weighted by Crippen LogP contribution is 2.32. The van der Waals surface area contributed by atoms with E-state index in [4.69, 9.17) is 19.7 Å². The fourth-order valence-electron chi connectivity index (χ4n) is 3.07. The van der Waals surface area contributed by atoms with E-state index in [1.165, 1.54) is 11.3 Å². The second-order valence-electron chi connectivity index (χ2n) is 6.89. The summed E-state index contributed by atoms with van der Waals surface area (Å²) in [5, 5.41) is 13.8. The van der Waals surface area contributed by atoms with Gasteiger partial charge in [0.2, 0.25) is 0 Å². The van der Waals surface area contributed by atoms with Gasteiger partial charge in [0.25, 0.3) is 5.91 Å². The summed E-state index contributed by atoms with van der Waals surface area (Å²) in [5.41, 5.74) is 4.83. The van der Waals surface area contributed by atoms with Gasteiger partial charge >= 0.3 is 0 Å². The SMILES string of the molecule is N#Cc1ccc(OCC(=O)N/N=C\c2sc(N3CCOCC3)nc2-c2ccccc2)cc1. The predicted molar refractivity (Wildman–Crippen MR) is 123 cm³/mol. The van der Waals surface area contributed by atoms with Crippen molar-refractivity contribution in [3.63, 3.8) is 0 Å². The predicted octanol–water partition coefficient (Wildman–Crippen LogP) is 3.05. The van der Waals surface area contributed by atoms with Crippen molar-refractivity contribution in [1.29, 1.82) is 5.26 Å². The Hall–Kier alpha value is -3.74. The highest BCUT2D eigenvalue weighted by atomic mass is 32.1. The van der Waals surface area contributed by atoms with Gasteiger partial charge < -0.3 is 14.4 Å². The molecule has 1 amide bonds. The molecule has 8 nitrogen and oxygen atoms in total. The van der Waals surface area contributed by atoms with E-state index < -0.39 is 0 Å². The molecule has 2 aromatic carbocycles. The lowest BCUT2D eigenvalue weighted by molar-refractivity contribution is -0.123. The van der Waals surface area contributed by atoms with Crippen LogP contribution in [0.15, 0.2) is 59.7 Å². The van der Waals surface area contributed by atoms with E-state index in [-0.39, 0.29) is 12.5 Å². The zero-order valence-electron chi connectivity index (χ0n) is 17.2. The van der Waals surface area contributed by atoms with Crippen LogP contribution < -0.4 is 15.1 Å². The maximum absolute atomic E-state index is 12.1. The van der Waals surface area contributed by atoms with Crippen molar-refractivity contribution in [1.82, 2.24) is 10.4 Å². The Kier molecular flexibility index (Phi) is 7.07. The van der Waals surface area contributed by atoms with Crippen LogP contribution in [0, 0.1) is 11.3 Å². The summed E-state index contributed by atoms with van der Waals surface area (Å²) in [6.07, 6.45) is 1.61. The smallest absolute Gasteiger partial charge is 0.277 e. The molecular weight excluding hydrogens is 426 g/mol. The third kappa shape index (κ3) is 5.49. The normalized spacial score (nSPS) is 13.7. The molecule has 1 fully saturated rings. The van der Waals surface area contributed by atoms with Crippen LogP contribution in [0.2, 0.25) is 0 Å². The molecule has 32 heavy (non-hydrogen) atoms. The van der Waals surface area contributed by atoms with Crippen LogP contribution in [-0.2, 0) is 9.53 Å². The number of nitrogens with zero attached hydrogens (tertiary/aromatic N) is 4. The maximum atomic E-state index is 12.1. The van der Waals surface area contributed by atoms with Crippen molar-refractivity contribution in [2.45, 2.75) is 0 Å². The van der Waals surface area contributed by atoms with E-state index in [0.29, 0.717) is 24.5 Å². The number of benzene rings is 2. The average molecular weight is 448 g/mol. The topological polar surface area (TPSA) is 99.8 Å². The minimum Gasteiger partial charge on any atom is -0.484 e. The number of morpholine rings is 1. The number of amides is 1. The van der Waals surface area contributed by atoms with Crippen LogP contribution in [0.25, 0.3) is 11.3 Å². The number of hydrogen-bond acceptors (Lipinski definition) is 8. The molecule has 0 aliphatic carbocycles. The van der Waals surface area contributed by atoms with Crippen LogP contribution in [-0.4, -0.2) is 50.0 Å². The van der Waals surface area contributed by atoms with E-state index in [0.717, 1.165) is 34.4 Å². The summed E-state index contributed by atoms with van der Waals surface area (Å²) < 4.78 is 10.9. The molecule has 0 bridgehead atoms. The highest BCUT2D eigenvalue weighted by Gasteiger charge is 2.18. The number of carbonyl (C=O) groups is 1. The molecule has 1 aliphatic rings. The van der Waals surface area contributed by atoms with Gasteiger partial charge in [-0.1, -0.05) is 41.7 Å². The number of hydrogen-bond donors (Lipinski definition) is 1. The number of rotatable bonds is 7. The fourth-order valence-corrected chi connectivity index (χ4v) is 4.08. The van der Waals surface area contributed by atoms with E-state index in [2.05, 4.69) is 15.4 Å². The van der Waals surface area contributed by atoms with Gasteiger partial charge in [0.05, 0.1) is 41.6 Å². The Balaban J connectivity index is 1.42. The number of aromatic nitrogens is 1. The molecule has 4 rings (SSSR count). The van der Waals surface area contributed by atoms with Crippen molar-refractivity contribution in [3.8, 4) is 23.1 Å². The van der Waals surface area contributed by atoms with Gasteiger partial charge in [-0.15, -0.1) is 0 Å². The van der Waals surface area contributed by atoms with Crippen molar-refractivity contribution in [2.24, 2.45) is 5.10 Å². The molecule has 162 valence electrons. The summed E-state index contributed by atoms with van der Waals surface area (Å²) in [4.78, 5) is 20.0. The molecule has 0 radical (unpaired) electrons. The van der Waals surface area contributed by atoms with Gasteiger partial charge in [0.15, 0.2) is 11.7 Å². The molecular formula is C23H21N5O3S. The van der Waals surface area contributed by atoms with Crippen LogP contribution in [0.4, 0.5) is 5.13 Å². The molecule has 9 heteroatoms. The minimum atomic E-state index is -0.384. The third-order valence-electron chi connectivity index (χ3n) is 4.70. The summed E-state index contributed by atoms with van der Waals surface area (Å²) in [7, 11) is 0. The number of nitriles is 1. The Labute approximate surface area is 189 Å². The van der Waals surface area contributed by atoms with Crippen LogP contribution >= 0.6 is 11.3 Å². The first kappa shape index (κ1) is 21.5. The zero-order chi connectivity index (χ0) is 22.2. The third-order valence-corrected chi connectivity index (χ3v) is 5.75. The second kappa shape index (κ2) is 10.5. The van der Waals surface area contributed by atoms with Gasteiger partial charge in [-0.3, -0.25) is 4.79 Å². The van der Waals surface area contributed by atoms with Crippen molar-refractivity contribution < 1.29 is 14.3 Å². The monoisotopic (exact) mass is 447 g/mol. The van der Waals surface area contributed by atoms with E-state index in [1.807, 2.05) is 36.4 Å². The van der Waals surface area contributed by atoms with E-state index in [1.54, 1.807) is 30.5 Å². The van der Waals surface area contributed by atoms with Gasteiger partial charge in [-0.2, -0.15) is 10.4 Å².